The minimum atomic E-state index is 0.249. The van der Waals surface area contributed by atoms with Crippen molar-refractivity contribution >= 4 is 0 Å². The maximum absolute atomic E-state index is 9.12. The molecule has 2 nitrogen and oxygen atoms in total. The van der Waals surface area contributed by atoms with Crippen LogP contribution in [0.5, 0.6) is 0 Å². The molecule has 0 saturated heterocycles. The topological polar surface area (TPSA) is 32.3 Å². The molecule has 0 spiro atoms. The first-order valence-electron chi connectivity index (χ1n) is 6.95. The van der Waals surface area contributed by atoms with Gasteiger partial charge >= 0.3 is 0 Å². The zero-order valence-corrected chi connectivity index (χ0v) is 12.1. The molecule has 2 heteroatoms. The largest absolute Gasteiger partial charge is 0.396 e. The van der Waals surface area contributed by atoms with Crippen molar-refractivity contribution in [2.24, 2.45) is 5.92 Å². The van der Waals surface area contributed by atoms with E-state index in [0.717, 1.165) is 12.8 Å². The van der Waals surface area contributed by atoms with Crippen LogP contribution in [0.2, 0.25) is 0 Å². The van der Waals surface area contributed by atoms with Crippen molar-refractivity contribution in [1.82, 2.24) is 5.32 Å². The van der Waals surface area contributed by atoms with Gasteiger partial charge in [-0.25, -0.2) is 0 Å². The molecule has 102 valence electrons. The summed E-state index contributed by atoms with van der Waals surface area (Å²) in [5.74, 6) is 0.311. The molecule has 0 aliphatic rings. The first-order chi connectivity index (χ1) is 8.52. The van der Waals surface area contributed by atoms with Crippen LogP contribution in [0.3, 0.4) is 0 Å². The Morgan fingerprint density at radius 3 is 2.56 bits per heavy atom. The van der Waals surface area contributed by atoms with Gasteiger partial charge in [0.25, 0.3) is 0 Å². The van der Waals surface area contributed by atoms with E-state index in [1.165, 1.54) is 11.1 Å². The number of hydrogen-bond acceptors (Lipinski definition) is 2. The maximum Gasteiger partial charge on any atom is 0.0471 e. The summed E-state index contributed by atoms with van der Waals surface area (Å²) in [5, 5.41) is 12.7. The Bertz CT molecular complexity index is 351. The van der Waals surface area contributed by atoms with Crippen LogP contribution < -0.4 is 5.32 Å². The minimum absolute atomic E-state index is 0.249. The van der Waals surface area contributed by atoms with Gasteiger partial charge in [-0.2, -0.15) is 0 Å². The van der Waals surface area contributed by atoms with Gasteiger partial charge in [0.05, 0.1) is 0 Å². The molecule has 3 unspecified atom stereocenters. The summed E-state index contributed by atoms with van der Waals surface area (Å²) in [6, 6.07) is 9.55. The van der Waals surface area contributed by atoms with Crippen molar-refractivity contribution in [3.05, 3.63) is 35.4 Å². The van der Waals surface area contributed by atoms with E-state index < -0.39 is 0 Å². The molecule has 0 amide bonds. The van der Waals surface area contributed by atoms with Crippen LogP contribution >= 0.6 is 0 Å². The van der Waals surface area contributed by atoms with Crippen LogP contribution in [-0.4, -0.2) is 23.8 Å². The molecule has 18 heavy (non-hydrogen) atoms. The molecule has 0 saturated carbocycles. The lowest BCUT2D eigenvalue weighted by molar-refractivity contribution is 0.201. The lowest BCUT2D eigenvalue weighted by Gasteiger charge is -2.24. The molecule has 0 aliphatic carbocycles. The van der Waals surface area contributed by atoms with Crippen LogP contribution in [0.25, 0.3) is 0 Å². The molecule has 0 heterocycles. The van der Waals surface area contributed by atoms with Gasteiger partial charge in [0, 0.05) is 18.7 Å². The zero-order chi connectivity index (χ0) is 13.5. The van der Waals surface area contributed by atoms with Gasteiger partial charge < -0.3 is 10.4 Å². The van der Waals surface area contributed by atoms with E-state index in [1.807, 2.05) is 0 Å². The summed E-state index contributed by atoms with van der Waals surface area (Å²) >= 11 is 0. The number of aryl methyl sites for hydroxylation is 2. The van der Waals surface area contributed by atoms with E-state index in [1.54, 1.807) is 0 Å². The summed E-state index contributed by atoms with van der Waals surface area (Å²) in [4.78, 5) is 0. The average Bonchev–Trinajstić information content (AvgIpc) is 2.35. The number of aliphatic hydroxyl groups is 1. The van der Waals surface area contributed by atoms with Gasteiger partial charge in [-0.3, -0.25) is 0 Å². The molecule has 2 N–H and O–H groups in total. The third-order valence-corrected chi connectivity index (χ3v) is 3.64. The second-order valence-electron chi connectivity index (χ2n) is 5.54. The van der Waals surface area contributed by atoms with Gasteiger partial charge in [0.15, 0.2) is 0 Å². The Morgan fingerprint density at radius 2 is 1.94 bits per heavy atom. The van der Waals surface area contributed by atoms with Gasteiger partial charge in [0.1, 0.15) is 0 Å². The highest BCUT2D eigenvalue weighted by Gasteiger charge is 2.13. The molecule has 0 aromatic heterocycles. The lowest BCUT2D eigenvalue weighted by Crippen LogP contribution is -2.39. The predicted molar refractivity (Wildman–Crippen MR) is 77.8 cm³/mol. The Hall–Kier alpha value is -0.860. The fourth-order valence-corrected chi connectivity index (χ4v) is 2.11. The van der Waals surface area contributed by atoms with Crippen molar-refractivity contribution in [3.63, 3.8) is 0 Å². The van der Waals surface area contributed by atoms with Gasteiger partial charge in [-0.15, -0.1) is 0 Å². The number of hydrogen-bond donors (Lipinski definition) is 2. The van der Waals surface area contributed by atoms with E-state index in [0.29, 0.717) is 18.0 Å². The summed E-state index contributed by atoms with van der Waals surface area (Å²) in [5.41, 5.74) is 2.74. The summed E-state index contributed by atoms with van der Waals surface area (Å²) in [7, 11) is 0. The van der Waals surface area contributed by atoms with Crippen LogP contribution in [0.1, 0.15) is 38.3 Å². The number of rotatable bonds is 7. The summed E-state index contributed by atoms with van der Waals surface area (Å²) < 4.78 is 0. The molecular weight excluding hydrogens is 222 g/mol. The molecule has 1 aromatic carbocycles. The number of benzene rings is 1. The van der Waals surface area contributed by atoms with Crippen molar-refractivity contribution in [1.29, 1.82) is 0 Å². The molecule has 0 radical (unpaired) electrons. The Kier molecular flexibility index (Phi) is 6.37. The third kappa shape index (κ3) is 5.19. The maximum atomic E-state index is 9.12. The highest BCUT2D eigenvalue weighted by Crippen LogP contribution is 2.09. The van der Waals surface area contributed by atoms with E-state index in [4.69, 9.17) is 5.11 Å². The summed E-state index contributed by atoms with van der Waals surface area (Å²) in [6.45, 7) is 8.82. The molecule has 1 rings (SSSR count). The van der Waals surface area contributed by atoms with E-state index in [2.05, 4.69) is 57.3 Å². The van der Waals surface area contributed by atoms with Gasteiger partial charge in [0.2, 0.25) is 0 Å². The average molecular weight is 249 g/mol. The fraction of sp³-hybridized carbons (Fsp3) is 0.625. The normalized spacial score (nSPS) is 16.3. The van der Waals surface area contributed by atoms with Crippen LogP contribution in [0.4, 0.5) is 0 Å². The first-order valence-corrected chi connectivity index (χ1v) is 6.95. The van der Waals surface area contributed by atoms with Crippen LogP contribution in [0.15, 0.2) is 24.3 Å². The second kappa shape index (κ2) is 7.55. The van der Waals surface area contributed by atoms with Gasteiger partial charge in [-0.1, -0.05) is 36.8 Å². The van der Waals surface area contributed by atoms with Crippen molar-refractivity contribution < 1.29 is 5.11 Å². The quantitative estimate of drug-likeness (QED) is 0.779. The SMILES string of the molecule is Cc1cccc(CCC(C)NC(C)C(C)CO)c1. The highest BCUT2D eigenvalue weighted by atomic mass is 16.3. The highest BCUT2D eigenvalue weighted by molar-refractivity contribution is 5.22. The molecule has 1 aromatic rings. The van der Waals surface area contributed by atoms with E-state index in [9.17, 15) is 0 Å². The first kappa shape index (κ1) is 15.2. The monoisotopic (exact) mass is 249 g/mol. The fourth-order valence-electron chi connectivity index (χ4n) is 2.11. The lowest BCUT2D eigenvalue weighted by atomic mass is 10.0. The standard InChI is InChI=1S/C16H27NO/c1-12-6-5-7-16(10-12)9-8-14(3)17-15(4)13(2)11-18/h5-7,10,13-15,17-18H,8-9,11H2,1-4H3. The second-order valence-corrected chi connectivity index (χ2v) is 5.54. The molecular formula is C16H27NO. The van der Waals surface area contributed by atoms with Crippen molar-refractivity contribution in [2.75, 3.05) is 6.61 Å². The van der Waals surface area contributed by atoms with Crippen molar-refractivity contribution in [2.45, 2.75) is 52.6 Å². The predicted octanol–water partition coefficient (Wildman–Crippen LogP) is 2.92. The van der Waals surface area contributed by atoms with Crippen molar-refractivity contribution in [3.8, 4) is 0 Å². The van der Waals surface area contributed by atoms with E-state index >= 15 is 0 Å². The van der Waals surface area contributed by atoms with E-state index in [-0.39, 0.29) is 6.61 Å². The number of nitrogens with one attached hydrogen (secondary N) is 1. The third-order valence-electron chi connectivity index (χ3n) is 3.64. The molecule has 0 fully saturated rings. The Balaban J connectivity index is 2.35. The Labute approximate surface area is 111 Å². The smallest absolute Gasteiger partial charge is 0.0471 e. The van der Waals surface area contributed by atoms with Crippen LogP contribution in [-0.2, 0) is 6.42 Å². The minimum Gasteiger partial charge on any atom is -0.396 e. The molecule has 3 atom stereocenters. The molecule has 0 aliphatic heterocycles. The number of aliphatic hydroxyl groups excluding tert-OH is 1. The van der Waals surface area contributed by atoms with Gasteiger partial charge in [-0.05, 0) is 45.1 Å². The molecule has 0 bridgehead atoms. The summed E-state index contributed by atoms with van der Waals surface area (Å²) in [6.07, 6.45) is 2.24. The Morgan fingerprint density at radius 1 is 1.22 bits per heavy atom. The zero-order valence-electron chi connectivity index (χ0n) is 12.1. The van der Waals surface area contributed by atoms with Crippen LogP contribution in [0, 0.1) is 12.8 Å².